The molecule has 0 spiro atoms. The van der Waals surface area contributed by atoms with E-state index in [1.807, 2.05) is 0 Å². The van der Waals surface area contributed by atoms with Gasteiger partial charge in [0, 0.05) is 19.3 Å². The van der Waals surface area contributed by atoms with Crippen molar-refractivity contribution in [3.63, 3.8) is 0 Å². The first-order chi connectivity index (χ1) is 24.1. The number of fused-ring (bicyclic) bond motifs is 5. The lowest BCUT2D eigenvalue weighted by molar-refractivity contribution is -0.170. The minimum absolute atomic E-state index is 0.0967. The highest BCUT2D eigenvalue weighted by atomic mass is 16.5. The molecule has 0 radical (unpaired) electrons. The van der Waals surface area contributed by atoms with Gasteiger partial charge in [0.15, 0.2) is 0 Å². The van der Waals surface area contributed by atoms with Gasteiger partial charge in [-0.25, -0.2) is 0 Å². The fraction of sp³-hybridized carbons (Fsp3) is 0.739. The number of aliphatic hydroxyl groups excluding tert-OH is 1. The maximum Gasteiger partial charge on any atom is 0.305 e. The molecule has 0 aliphatic heterocycles. The zero-order valence-corrected chi connectivity index (χ0v) is 32.5. The van der Waals surface area contributed by atoms with Gasteiger partial charge >= 0.3 is 5.97 Å². The molecule has 4 fully saturated rings. The van der Waals surface area contributed by atoms with Crippen molar-refractivity contribution in [2.24, 2.45) is 52.3 Å². The highest BCUT2D eigenvalue weighted by Crippen LogP contribution is 2.68. The summed E-state index contributed by atoms with van der Waals surface area (Å²) in [7, 11) is 1.49. The summed E-state index contributed by atoms with van der Waals surface area (Å²) < 4.78 is 4.93. The van der Waals surface area contributed by atoms with Gasteiger partial charge in [0.1, 0.15) is 5.78 Å². The summed E-state index contributed by atoms with van der Waals surface area (Å²) in [5.41, 5.74) is 0.551. The number of ketones is 1. The number of methoxy groups -OCH3 is 1. The molecule has 280 valence electrons. The van der Waals surface area contributed by atoms with E-state index in [1.165, 1.54) is 45.6 Å². The Bertz CT molecular complexity index is 1210. The van der Waals surface area contributed by atoms with E-state index < -0.39 is 0 Å². The highest BCUT2D eigenvalue weighted by molar-refractivity contribution is 5.78. The second-order valence-corrected chi connectivity index (χ2v) is 17.1. The van der Waals surface area contributed by atoms with Gasteiger partial charge in [0.05, 0.1) is 13.2 Å². The lowest BCUT2D eigenvalue weighted by Gasteiger charge is -2.62. The number of allylic oxidation sites excluding steroid dienone is 10. The summed E-state index contributed by atoms with van der Waals surface area (Å²) in [5.74, 6) is 4.07. The van der Waals surface area contributed by atoms with Crippen LogP contribution in [0.25, 0.3) is 0 Å². The predicted octanol–water partition coefficient (Wildman–Crippen LogP) is 11.7. The Morgan fingerprint density at radius 2 is 1.38 bits per heavy atom. The van der Waals surface area contributed by atoms with E-state index in [4.69, 9.17) is 4.74 Å². The summed E-state index contributed by atoms with van der Waals surface area (Å²) in [6.07, 6.45) is 41.2. The second-order valence-electron chi connectivity index (χ2n) is 17.1. The van der Waals surface area contributed by atoms with Gasteiger partial charge in [-0.1, -0.05) is 88.5 Å². The number of hydrogen-bond donors (Lipinski definition) is 1. The van der Waals surface area contributed by atoms with Gasteiger partial charge in [-0.15, -0.1) is 0 Å². The largest absolute Gasteiger partial charge is 0.469 e. The van der Waals surface area contributed by atoms with Crippen LogP contribution in [-0.4, -0.2) is 30.1 Å². The van der Waals surface area contributed by atoms with Gasteiger partial charge in [0.2, 0.25) is 0 Å². The number of unbranched alkanes of at least 4 members (excludes halogenated alkanes) is 1. The molecule has 0 heterocycles. The van der Waals surface area contributed by atoms with E-state index in [-0.39, 0.29) is 22.9 Å². The van der Waals surface area contributed by atoms with Crippen LogP contribution in [0.5, 0.6) is 0 Å². The Morgan fingerprint density at radius 1 is 0.780 bits per heavy atom. The van der Waals surface area contributed by atoms with Crippen LogP contribution in [0.4, 0.5) is 0 Å². The van der Waals surface area contributed by atoms with Crippen LogP contribution in [0.2, 0.25) is 0 Å². The first-order valence-electron chi connectivity index (χ1n) is 20.7. The van der Waals surface area contributed by atoms with Gasteiger partial charge in [0.25, 0.3) is 0 Å². The van der Waals surface area contributed by atoms with Crippen LogP contribution in [0.15, 0.2) is 60.8 Å². The van der Waals surface area contributed by atoms with Crippen LogP contribution < -0.4 is 0 Å². The molecule has 4 aliphatic carbocycles. The second kappa shape index (κ2) is 20.1. The van der Waals surface area contributed by atoms with Crippen molar-refractivity contribution in [3.05, 3.63) is 60.8 Å². The van der Waals surface area contributed by atoms with Crippen LogP contribution in [0.1, 0.15) is 150 Å². The van der Waals surface area contributed by atoms with Crippen molar-refractivity contribution in [2.45, 2.75) is 156 Å². The lowest BCUT2D eigenvalue weighted by atomic mass is 9.43. The van der Waals surface area contributed by atoms with Gasteiger partial charge in [-0.2, -0.15) is 0 Å². The van der Waals surface area contributed by atoms with Crippen molar-refractivity contribution >= 4 is 11.8 Å². The van der Waals surface area contributed by atoms with Crippen LogP contribution in [0, 0.1) is 52.3 Å². The summed E-state index contributed by atoms with van der Waals surface area (Å²) >= 11 is 0. The molecule has 0 bridgehead atoms. The molecule has 4 aliphatic rings. The zero-order valence-electron chi connectivity index (χ0n) is 32.5. The average molecular weight is 689 g/mol. The molecule has 10 atom stereocenters. The fourth-order valence-corrected chi connectivity index (χ4v) is 11.3. The third kappa shape index (κ3) is 10.7. The van der Waals surface area contributed by atoms with Crippen molar-refractivity contribution in [1.29, 1.82) is 0 Å². The third-order valence-electron chi connectivity index (χ3n) is 14.1. The summed E-state index contributed by atoms with van der Waals surface area (Å²) in [6.45, 7) is 9.58. The number of carbonyl (C=O) groups excluding carboxylic acids is 2. The Hall–Kier alpha value is -2.20. The summed E-state index contributed by atoms with van der Waals surface area (Å²) in [6, 6.07) is 0. The monoisotopic (exact) mass is 689 g/mol. The van der Waals surface area contributed by atoms with Crippen LogP contribution in [0.3, 0.4) is 0 Å². The number of aliphatic hydroxyl groups is 1. The van der Waals surface area contributed by atoms with Gasteiger partial charge in [-0.3, -0.25) is 9.59 Å². The van der Waals surface area contributed by atoms with Crippen LogP contribution >= 0.6 is 0 Å². The molecule has 50 heavy (non-hydrogen) atoms. The number of carbonyl (C=O) groups is 2. The Kier molecular flexibility index (Phi) is 16.3. The molecule has 4 heteroatoms. The van der Waals surface area contributed by atoms with E-state index in [0.717, 1.165) is 70.6 Å². The van der Waals surface area contributed by atoms with Crippen LogP contribution in [-0.2, 0) is 14.3 Å². The molecule has 1 N–H and O–H groups in total. The molecule has 0 aromatic rings. The smallest absolute Gasteiger partial charge is 0.305 e. The minimum Gasteiger partial charge on any atom is -0.469 e. The Morgan fingerprint density at radius 3 is 2.02 bits per heavy atom. The third-order valence-corrected chi connectivity index (χ3v) is 14.1. The summed E-state index contributed by atoms with van der Waals surface area (Å²) in [4.78, 5) is 24.9. The molecular formula is C46H72O4. The van der Waals surface area contributed by atoms with Gasteiger partial charge in [-0.05, 0) is 155 Å². The molecule has 4 rings (SSSR count). The van der Waals surface area contributed by atoms with Gasteiger partial charge < -0.3 is 9.84 Å². The fourth-order valence-electron chi connectivity index (χ4n) is 11.3. The average Bonchev–Trinajstić information content (AvgIpc) is 3.46. The standard InChI is InChI=1S/C46H72O4/c1-6-7-8-9-10-11-12-13-14-15-16-17-18-19-20-21-22-23-38(47)33-36-28-30-45(3)37(32-36)34-42(48)44-40-26-25-39(35(2)24-27-43(49)50-5)46(40,4)31-29-41(44)45/h7-8,10-11,13-14,16-17,19-20,35-37,39-42,44,48H,6,9,12,15,18,21-34H2,1-5H3/b8-7-,11-10-,14-13-,17-16-,20-19-/t35-,36-,37?,39?,40?,41?,42?,44?,45?,46?/m1/s1. The molecule has 0 aromatic heterocycles. The molecule has 4 saturated carbocycles. The van der Waals surface area contributed by atoms with Crippen molar-refractivity contribution in [1.82, 2.24) is 0 Å². The van der Waals surface area contributed by atoms with E-state index >= 15 is 0 Å². The molecule has 0 amide bonds. The van der Waals surface area contributed by atoms with E-state index in [9.17, 15) is 14.7 Å². The van der Waals surface area contributed by atoms with E-state index in [0.29, 0.717) is 60.1 Å². The molecule has 0 saturated heterocycles. The minimum atomic E-state index is -0.218. The predicted molar refractivity (Wildman–Crippen MR) is 208 cm³/mol. The Labute approximate surface area is 306 Å². The SMILES string of the molecule is CC/C=C\C/C=C\C/C=C\C/C=C\C/C=C\CCCC(=O)C[C@@H]1CCC2(C)C(CC(O)C3C2CCC2(C)C3CCC2[C@H](C)CCC(=O)OC)C1. The maximum atomic E-state index is 13.0. The first kappa shape index (κ1) is 40.6. The molecular weight excluding hydrogens is 617 g/mol. The normalized spacial score (nSPS) is 34.9. The summed E-state index contributed by atoms with van der Waals surface area (Å²) in [5, 5.41) is 11.8. The molecule has 8 unspecified atom stereocenters. The quantitative estimate of drug-likeness (QED) is 0.0833. The molecule has 0 aromatic carbocycles. The van der Waals surface area contributed by atoms with E-state index in [1.54, 1.807) is 0 Å². The van der Waals surface area contributed by atoms with Crippen molar-refractivity contribution < 1.29 is 19.4 Å². The van der Waals surface area contributed by atoms with Crippen molar-refractivity contribution in [2.75, 3.05) is 7.11 Å². The number of hydrogen-bond acceptors (Lipinski definition) is 4. The number of esters is 1. The zero-order chi connectivity index (χ0) is 36.0. The maximum absolute atomic E-state index is 13.0. The number of rotatable bonds is 19. The molecule has 4 nitrogen and oxygen atoms in total. The topological polar surface area (TPSA) is 63.6 Å². The van der Waals surface area contributed by atoms with E-state index in [2.05, 4.69) is 88.5 Å². The first-order valence-corrected chi connectivity index (χ1v) is 20.7. The highest BCUT2D eigenvalue weighted by Gasteiger charge is 2.62. The Balaban J connectivity index is 1.14. The lowest BCUT2D eigenvalue weighted by Crippen LogP contribution is -2.58. The number of Topliss-reactive ketones (excluding diaryl/α,β-unsaturated/α-hetero) is 1. The van der Waals surface area contributed by atoms with Crippen molar-refractivity contribution in [3.8, 4) is 0 Å². The number of ether oxygens (including phenoxy) is 1.